The van der Waals surface area contributed by atoms with Gasteiger partial charge in [-0.05, 0) is 49.2 Å². The molecule has 0 saturated heterocycles. The number of nitrogen functional groups attached to an aromatic ring is 1. The average Bonchev–Trinajstić information content (AvgIpc) is 2.33. The van der Waals surface area contributed by atoms with Gasteiger partial charge in [0.15, 0.2) is 5.82 Å². The molecule has 0 amide bonds. The third-order valence-electron chi connectivity index (χ3n) is 2.71. The van der Waals surface area contributed by atoms with E-state index in [2.05, 4.69) is 10.3 Å². The van der Waals surface area contributed by atoms with Crippen molar-refractivity contribution in [1.29, 1.82) is 0 Å². The van der Waals surface area contributed by atoms with Crippen LogP contribution < -0.4 is 15.8 Å². The van der Waals surface area contributed by atoms with Crippen LogP contribution in [-0.4, -0.2) is 12.1 Å². The van der Waals surface area contributed by atoms with Crippen molar-refractivity contribution in [3.8, 4) is 5.75 Å². The van der Waals surface area contributed by atoms with E-state index in [-0.39, 0.29) is 0 Å². The zero-order chi connectivity index (χ0) is 13.1. The smallest absolute Gasteiger partial charge is 0.153 e. The lowest BCUT2D eigenvalue weighted by atomic mass is 10.2. The summed E-state index contributed by atoms with van der Waals surface area (Å²) in [5, 5.41) is 3.20. The fraction of sp³-hybridized carbons (Fsp3) is 0.214. The number of pyridine rings is 1. The van der Waals surface area contributed by atoms with E-state index < -0.39 is 0 Å². The number of methoxy groups -OCH3 is 1. The normalized spacial score (nSPS) is 10.2. The van der Waals surface area contributed by atoms with Gasteiger partial charge in [0.1, 0.15) is 5.75 Å². The number of rotatable bonds is 3. The largest absolute Gasteiger partial charge is 0.496 e. The zero-order valence-electron chi connectivity index (χ0n) is 10.8. The molecule has 0 radical (unpaired) electrons. The first-order valence-corrected chi connectivity index (χ1v) is 5.74. The van der Waals surface area contributed by atoms with Crippen molar-refractivity contribution < 1.29 is 4.74 Å². The standard InChI is InChI=1S/C14H17N3O/c1-9-6-12(15)14(16-8-9)17-11-4-5-13(18-3)10(2)7-11/h4-8H,15H2,1-3H3,(H,16,17). The Bertz CT molecular complexity index is 567. The highest BCUT2D eigenvalue weighted by atomic mass is 16.5. The Morgan fingerprint density at radius 2 is 2.00 bits per heavy atom. The van der Waals surface area contributed by atoms with Gasteiger partial charge < -0.3 is 15.8 Å². The quantitative estimate of drug-likeness (QED) is 0.869. The zero-order valence-corrected chi connectivity index (χ0v) is 10.8. The summed E-state index contributed by atoms with van der Waals surface area (Å²) >= 11 is 0. The summed E-state index contributed by atoms with van der Waals surface area (Å²) in [4.78, 5) is 4.28. The van der Waals surface area contributed by atoms with Gasteiger partial charge >= 0.3 is 0 Å². The van der Waals surface area contributed by atoms with E-state index in [1.54, 1.807) is 13.3 Å². The maximum Gasteiger partial charge on any atom is 0.153 e. The van der Waals surface area contributed by atoms with E-state index in [4.69, 9.17) is 10.5 Å². The number of nitrogens with zero attached hydrogens (tertiary/aromatic N) is 1. The van der Waals surface area contributed by atoms with Crippen LogP contribution in [0.15, 0.2) is 30.5 Å². The fourth-order valence-corrected chi connectivity index (χ4v) is 1.79. The molecule has 0 saturated carbocycles. The summed E-state index contributed by atoms with van der Waals surface area (Å²) < 4.78 is 5.22. The predicted octanol–water partition coefficient (Wildman–Crippen LogP) is 3.03. The number of hydrogen-bond donors (Lipinski definition) is 2. The van der Waals surface area contributed by atoms with Gasteiger partial charge in [0.05, 0.1) is 12.8 Å². The van der Waals surface area contributed by atoms with Crippen molar-refractivity contribution in [2.24, 2.45) is 0 Å². The van der Waals surface area contributed by atoms with Crippen molar-refractivity contribution in [2.45, 2.75) is 13.8 Å². The Labute approximate surface area is 107 Å². The summed E-state index contributed by atoms with van der Waals surface area (Å²) in [6, 6.07) is 7.75. The molecule has 0 aliphatic carbocycles. The highest BCUT2D eigenvalue weighted by molar-refractivity contribution is 5.69. The predicted molar refractivity (Wildman–Crippen MR) is 74.4 cm³/mol. The minimum atomic E-state index is 0.642. The maximum absolute atomic E-state index is 5.91. The van der Waals surface area contributed by atoms with E-state index in [9.17, 15) is 0 Å². The third kappa shape index (κ3) is 2.53. The second kappa shape index (κ2) is 4.96. The molecule has 2 aromatic rings. The van der Waals surface area contributed by atoms with Crippen molar-refractivity contribution in [1.82, 2.24) is 4.98 Å². The number of nitrogens with one attached hydrogen (secondary N) is 1. The van der Waals surface area contributed by atoms with E-state index in [0.29, 0.717) is 11.5 Å². The van der Waals surface area contributed by atoms with Crippen molar-refractivity contribution in [2.75, 3.05) is 18.2 Å². The molecule has 0 bridgehead atoms. The van der Waals surface area contributed by atoms with Crippen LogP contribution in [0.25, 0.3) is 0 Å². The monoisotopic (exact) mass is 243 g/mol. The molecule has 0 aliphatic heterocycles. The van der Waals surface area contributed by atoms with Crippen LogP contribution >= 0.6 is 0 Å². The van der Waals surface area contributed by atoms with Gasteiger partial charge in [0.25, 0.3) is 0 Å². The third-order valence-corrected chi connectivity index (χ3v) is 2.71. The van der Waals surface area contributed by atoms with Crippen LogP contribution in [0.4, 0.5) is 17.2 Å². The topological polar surface area (TPSA) is 60.2 Å². The fourth-order valence-electron chi connectivity index (χ4n) is 1.79. The summed E-state index contributed by atoms with van der Waals surface area (Å²) in [5.41, 5.74) is 9.61. The Morgan fingerprint density at radius 3 is 2.61 bits per heavy atom. The summed E-state index contributed by atoms with van der Waals surface area (Å²) in [7, 11) is 1.66. The number of ether oxygens (including phenoxy) is 1. The SMILES string of the molecule is COc1ccc(Nc2ncc(C)cc2N)cc1C. The lowest BCUT2D eigenvalue weighted by molar-refractivity contribution is 0.412. The number of nitrogens with two attached hydrogens (primary N) is 1. The number of benzene rings is 1. The van der Waals surface area contributed by atoms with Crippen molar-refractivity contribution >= 4 is 17.2 Å². The first-order valence-electron chi connectivity index (χ1n) is 5.74. The molecule has 1 aromatic heterocycles. The first-order chi connectivity index (χ1) is 8.60. The van der Waals surface area contributed by atoms with Crippen LogP contribution in [0, 0.1) is 13.8 Å². The van der Waals surface area contributed by atoms with Gasteiger partial charge in [-0.3, -0.25) is 0 Å². The molecule has 3 N–H and O–H groups in total. The molecule has 4 nitrogen and oxygen atoms in total. The second-order valence-electron chi connectivity index (χ2n) is 4.26. The van der Waals surface area contributed by atoms with Gasteiger partial charge in [0, 0.05) is 11.9 Å². The lowest BCUT2D eigenvalue weighted by Crippen LogP contribution is -2.00. The van der Waals surface area contributed by atoms with E-state index in [1.807, 2.05) is 38.1 Å². The Hall–Kier alpha value is -2.23. The highest BCUT2D eigenvalue weighted by Gasteiger charge is 2.04. The Kier molecular flexibility index (Phi) is 3.37. The molecule has 4 heteroatoms. The van der Waals surface area contributed by atoms with Crippen LogP contribution in [0.3, 0.4) is 0 Å². The highest BCUT2D eigenvalue weighted by Crippen LogP contribution is 2.25. The second-order valence-corrected chi connectivity index (χ2v) is 4.26. The molecule has 0 aliphatic rings. The Balaban J connectivity index is 2.26. The van der Waals surface area contributed by atoms with Crippen LogP contribution in [0.1, 0.15) is 11.1 Å². The number of aromatic nitrogens is 1. The van der Waals surface area contributed by atoms with E-state index >= 15 is 0 Å². The summed E-state index contributed by atoms with van der Waals surface area (Å²) in [6.07, 6.45) is 1.79. The number of aryl methyl sites for hydroxylation is 2. The first kappa shape index (κ1) is 12.2. The minimum absolute atomic E-state index is 0.642. The van der Waals surface area contributed by atoms with E-state index in [1.165, 1.54) is 0 Å². The van der Waals surface area contributed by atoms with Gasteiger partial charge in [0.2, 0.25) is 0 Å². The molecular formula is C14H17N3O. The maximum atomic E-state index is 5.91. The van der Waals surface area contributed by atoms with Crippen LogP contribution in [-0.2, 0) is 0 Å². The van der Waals surface area contributed by atoms with Gasteiger partial charge in [-0.15, -0.1) is 0 Å². The van der Waals surface area contributed by atoms with Gasteiger partial charge in [-0.25, -0.2) is 4.98 Å². The molecule has 0 spiro atoms. The van der Waals surface area contributed by atoms with Gasteiger partial charge in [-0.1, -0.05) is 0 Å². The van der Waals surface area contributed by atoms with Gasteiger partial charge in [-0.2, -0.15) is 0 Å². The summed E-state index contributed by atoms with van der Waals surface area (Å²) in [5.74, 6) is 1.54. The van der Waals surface area contributed by atoms with Crippen molar-refractivity contribution in [3.05, 3.63) is 41.6 Å². The van der Waals surface area contributed by atoms with Crippen molar-refractivity contribution in [3.63, 3.8) is 0 Å². The number of anilines is 3. The average molecular weight is 243 g/mol. The van der Waals surface area contributed by atoms with Crippen LogP contribution in [0.2, 0.25) is 0 Å². The van der Waals surface area contributed by atoms with E-state index in [0.717, 1.165) is 22.6 Å². The van der Waals surface area contributed by atoms with Crippen LogP contribution in [0.5, 0.6) is 5.75 Å². The minimum Gasteiger partial charge on any atom is -0.496 e. The molecule has 2 rings (SSSR count). The molecular weight excluding hydrogens is 226 g/mol. The number of hydrogen-bond acceptors (Lipinski definition) is 4. The Morgan fingerprint density at radius 1 is 1.22 bits per heavy atom. The summed E-state index contributed by atoms with van der Waals surface area (Å²) in [6.45, 7) is 3.96. The molecule has 0 atom stereocenters. The molecule has 1 heterocycles. The molecule has 1 aromatic carbocycles. The molecule has 94 valence electrons. The molecule has 0 unspecified atom stereocenters. The molecule has 18 heavy (non-hydrogen) atoms. The molecule has 0 fully saturated rings. The lowest BCUT2D eigenvalue weighted by Gasteiger charge is -2.11.